The second kappa shape index (κ2) is 10.3. The van der Waals surface area contributed by atoms with Crippen LogP contribution in [0.4, 0.5) is 5.69 Å². The Morgan fingerprint density at radius 3 is 2.23 bits per heavy atom. The average molecular weight is 603 g/mol. The molecule has 3 aliphatic rings. The summed E-state index contributed by atoms with van der Waals surface area (Å²) in [6, 6.07) is 9.24. The summed E-state index contributed by atoms with van der Waals surface area (Å²) in [7, 11) is 6.13. The van der Waals surface area contributed by atoms with Crippen LogP contribution in [0.3, 0.4) is 0 Å². The minimum Gasteiger partial charge on any atom is -0.508 e. The van der Waals surface area contributed by atoms with Crippen LogP contribution in [0, 0.1) is 11.8 Å². The number of Topliss-reactive ketones (excluding diaryl/α,β-unsaturated/α-hetero) is 3. The molecule has 5 rings (SSSR count). The summed E-state index contributed by atoms with van der Waals surface area (Å²) < 4.78 is 0. The predicted octanol–water partition coefficient (Wildman–Crippen LogP) is 0.958. The molecule has 0 spiro atoms. The van der Waals surface area contributed by atoms with E-state index in [1.165, 1.54) is 19.0 Å². The second-order valence-corrected chi connectivity index (χ2v) is 12.1. The average Bonchev–Trinajstić information content (AvgIpc) is 2.92. The van der Waals surface area contributed by atoms with Crippen LogP contribution < -0.4 is 4.90 Å². The van der Waals surface area contributed by atoms with Gasteiger partial charge >= 0.3 is 0 Å². The fraction of sp³-hybridized carbons (Fsp3) is 0.364. The van der Waals surface area contributed by atoms with E-state index in [-0.39, 0.29) is 16.7 Å². The van der Waals surface area contributed by atoms with Gasteiger partial charge in [0.2, 0.25) is 11.4 Å². The molecule has 230 valence electrons. The zero-order valence-electron chi connectivity index (χ0n) is 25.0. The van der Waals surface area contributed by atoms with Crippen LogP contribution in [-0.4, -0.2) is 104 Å². The second-order valence-electron chi connectivity index (χ2n) is 12.1. The van der Waals surface area contributed by atoms with Gasteiger partial charge in [0, 0.05) is 39.0 Å². The fourth-order valence-corrected chi connectivity index (χ4v) is 6.87. The molecule has 0 saturated heterocycles. The Morgan fingerprint density at radius 1 is 1.02 bits per heavy atom. The zero-order chi connectivity index (χ0) is 32.5. The number of nitrogens with zero attached hydrogens (tertiary/aromatic N) is 2. The molecule has 0 aromatic heterocycles. The van der Waals surface area contributed by atoms with Crippen LogP contribution in [0.1, 0.15) is 35.6 Å². The molecule has 4 atom stereocenters. The van der Waals surface area contributed by atoms with Gasteiger partial charge in [-0.25, -0.2) is 0 Å². The van der Waals surface area contributed by atoms with Gasteiger partial charge in [-0.15, -0.1) is 0 Å². The Morgan fingerprint density at radius 2 is 1.66 bits per heavy atom. The number of aliphatic hydroxyl groups is 5. The third-order valence-electron chi connectivity index (χ3n) is 8.77. The smallest absolute Gasteiger partial charge is 0.216 e. The minimum absolute atomic E-state index is 0.122. The summed E-state index contributed by atoms with van der Waals surface area (Å²) in [4.78, 5) is 42.9. The number of anilines is 1. The standard InChI is InChI=1S/C33H34N2O9/c1-17(36)22-27(39)28(35(4)5)32(43)16-31(42)15-20-21(34(2)3)14-19(13-9-12-18-10-7-6-8-11-18)25(37)23(20)26(38)24(31)30(41)33(32,44)29(22)40/h6-8,10-11,14,28,37-38,40,42-44H,12,15-16H2,1-5H3. The summed E-state index contributed by atoms with van der Waals surface area (Å²) in [6.45, 7) is 0.961. The van der Waals surface area contributed by atoms with Crippen molar-refractivity contribution in [2.75, 3.05) is 33.1 Å². The van der Waals surface area contributed by atoms with Gasteiger partial charge in [-0.05, 0) is 38.2 Å². The zero-order valence-corrected chi connectivity index (χ0v) is 25.0. The van der Waals surface area contributed by atoms with Crippen LogP contribution in [0.5, 0.6) is 5.75 Å². The Kier molecular flexibility index (Phi) is 7.26. The molecule has 0 aliphatic heterocycles. The van der Waals surface area contributed by atoms with E-state index in [1.807, 2.05) is 30.3 Å². The number of carbonyl (C=O) groups is 3. The largest absolute Gasteiger partial charge is 0.508 e. The molecule has 6 N–H and O–H groups in total. The van der Waals surface area contributed by atoms with Crippen molar-refractivity contribution in [3.05, 3.63) is 75.6 Å². The minimum atomic E-state index is -3.29. The number of phenolic OH excluding ortho intramolecular Hbond substituents is 1. The number of ketones is 3. The van der Waals surface area contributed by atoms with Crippen molar-refractivity contribution in [3.8, 4) is 17.6 Å². The Hall–Kier alpha value is -4.47. The third-order valence-corrected chi connectivity index (χ3v) is 8.77. The number of phenols is 1. The highest BCUT2D eigenvalue weighted by Gasteiger charge is 2.75. The first-order chi connectivity index (χ1) is 20.5. The first-order valence-corrected chi connectivity index (χ1v) is 13.9. The summed E-state index contributed by atoms with van der Waals surface area (Å²) in [5, 5.41) is 70.0. The molecule has 44 heavy (non-hydrogen) atoms. The van der Waals surface area contributed by atoms with Crippen molar-refractivity contribution in [2.24, 2.45) is 0 Å². The molecule has 0 radical (unpaired) electrons. The van der Waals surface area contributed by atoms with Crippen molar-refractivity contribution in [1.29, 1.82) is 0 Å². The molecule has 2 aromatic rings. The van der Waals surface area contributed by atoms with E-state index in [4.69, 9.17) is 0 Å². The first kappa shape index (κ1) is 31.0. The lowest BCUT2D eigenvalue weighted by atomic mass is 9.53. The van der Waals surface area contributed by atoms with Gasteiger partial charge in [-0.2, -0.15) is 0 Å². The normalized spacial score (nSPS) is 27.8. The molecule has 11 nitrogen and oxygen atoms in total. The SMILES string of the molecule is CC(=O)C1=C(O)C2(O)C(=O)C3=C(O)c4c(O)c(C#CCc5ccccc5)cc(N(C)C)c4CC3(O)CC2(O)C(N(C)C)C1=O. The number of hydrogen-bond acceptors (Lipinski definition) is 11. The van der Waals surface area contributed by atoms with Gasteiger partial charge in [0.15, 0.2) is 11.6 Å². The molecule has 0 amide bonds. The van der Waals surface area contributed by atoms with Gasteiger partial charge < -0.3 is 35.5 Å². The molecule has 11 heteroatoms. The predicted molar refractivity (Wildman–Crippen MR) is 160 cm³/mol. The Bertz CT molecular complexity index is 1750. The van der Waals surface area contributed by atoms with Crippen molar-refractivity contribution in [3.63, 3.8) is 0 Å². The molecule has 2 aromatic carbocycles. The summed E-state index contributed by atoms with van der Waals surface area (Å²) in [5.41, 5.74) is -8.64. The number of aliphatic hydroxyl groups excluding tert-OH is 2. The molecule has 4 unspecified atom stereocenters. The van der Waals surface area contributed by atoms with Gasteiger partial charge in [0.25, 0.3) is 0 Å². The van der Waals surface area contributed by atoms with Gasteiger partial charge in [-0.3, -0.25) is 19.3 Å². The summed E-state index contributed by atoms with van der Waals surface area (Å²) >= 11 is 0. The maximum atomic E-state index is 14.2. The number of rotatable bonds is 4. The lowest BCUT2D eigenvalue weighted by molar-refractivity contribution is -0.216. The molecule has 1 saturated carbocycles. The van der Waals surface area contributed by atoms with E-state index >= 15 is 0 Å². The van der Waals surface area contributed by atoms with Gasteiger partial charge in [0.1, 0.15) is 40.1 Å². The summed E-state index contributed by atoms with van der Waals surface area (Å²) in [6.07, 6.45) is -0.957. The van der Waals surface area contributed by atoms with Crippen molar-refractivity contribution in [1.82, 2.24) is 4.90 Å². The molecule has 0 heterocycles. The number of carbonyl (C=O) groups excluding carboxylic acids is 3. The summed E-state index contributed by atoms with van der Waals surface area (Å²) in [5.74, 6) is -0.362. The van der Waals surface area contributed by atoms with E-state index < -0.39 is 81.5 Å². The number of aromatic hydroxyl groups is 1. The maximum Gasteiger partial charge on any atom is 0.216 e. The van der Waals surface area contributed by atoms with Crippen LogP contribution in [0.25, 0.3) is 5.76 Å². The maximum absolute atomic E-state index is 14.2. The highest BCUT2D eigenvalue weighted by atomic mass is 16.4. The lowest BCUT2D eigenvalue weighted by Crippen LogP contribution is -2.79. The van der Waals surface area contributed by atoms with E-state index in [1.54, 1.807) is 25.1 Å². The van der Waals surface area contributed by atoms with Crippen LogP contribution in [0.15, 0.2) is 53.3 Å². The molecular formula is C33H34N2O9. The highest BCUT2D eigenvalue weighted by molar-refractivity contribution is 6.26. The van der Waals surface area contributed by atoms with Crippen LogP contribution >= 0.6 is 0 Å². The van der Waals surface area contributed by atoms with Gasteiger partial charge in [0.05, 0.1) is 16.7 Å². The molecular weight excluding hydrogens is 568 g/mol. The Labute approximate surface area is 254 Å². The fourth-order valence-electron chi connectivity index (χ4n) is 6.87. The van der Waals surface area contributed by atoms with Crippen molar-refractivity contribution >= 4 is 28.8 Å². The lowest BCUT2D eigenvalue weighted by Gasteiger charge is -2.57. The van der Waals surface area contributed by atoms with Crippen LogP contribution in [0.2, 0.25) is 0 Å². The van der Waals surface area contributed by atoms with E-state index in [2.05, 4.69) is 11.8 Å². The Balaban J connectivity index is 1.76. The number of fused-ring (bicyclic) bond motifs is 3. The van der Waals surface area contributed by atoms with E-state index in [9.17, 15) is 45.0 Å². The van der Waals surface area contributed by atoms with E-state index in [0.717, 1.165) is 12.5 Å². The first-order valence-electron chi connectivity index (χ1n) is 13.9. The number of hydrogen-bond donors (Lipinski definition) is 6. The third kappa shape index (κ3) is 4.17. The van der Waals surface area contributed by atoms with Crippen molar-refractivity contribution < 1.29 is 45.0 Å². The molecule has 1 fully saturated rings. The van der Waals surface area contributed by atoms with E-state index in [0.29, 0.717) is 12.1 Å². The topological polar surface area (TPSA) is 179 Å². The van der Waals surface area contributed by atoms with Crippen LogP contribution in [-0.2, 0) is 27.2 Å². The highest BCUT2D eigenvalue weighted by Crippen LogP contribution is 2.57. The number of likely N-dealkylation sites (N-methyl/N-ethyl adjacent to an activating group) is 1. The monoisotopic (exact) mass is 602 g/mol. The quantitative estimate of drug-likeness (QED) is 0.217. The van der Waals surface area contributed by atoms with Crippen molar-refractivity contribution in [2.45, 2.75) is 49.0 Å². The van der Waals surface area contributed by atoms with Gasteiger partial charge in [-0.1, -0.05) is 42.2 Å². The molecule has 3 aliphatic carbocycles. The molecule has 0 bridgehead atoms. The number of benzene rings is 2.